The number of hydrogen-bond acceptors (Lipinski definition) is 4. The normalized spacial score (nSPS) is 13.4. The standard InChI is InChI=1S/C16H16ClNO2S/c1-18-10-11-2-3-12(17)8-14(11)20-13-4-5-16-15(9-13)19-6-7-21-16/h2-5,8-9,18H,6-7,10H2,1H3. The van der Waals surface area contributed by atoms with E-state index in [0.717, 1.165) is 46.6 Å². The first kappa shape index (κ1) is 14.6. The Balaban J connectivity index is 1.87. The molecule has 0 unspecified atom stereocenters. The first-order valence-corrected chi connectivity index (χ1v) is 8.13. The van der Waals surface area contributed by atoms with Gasteiger partial charge >= 0.3 is 0 Å². The number of halogens is 1. The van der Waals surface area contributed by atoms with Crippen molar-refractivity contribution in [1.82, 2.24) is 5.32 Å². The van der Waals surface area contributed by atoms with Crippen molar-refractivity contribution in [3.63, 3.8) is 0 Å². The van der Waals surface area contributed by atoms with Crippen LogP contribution >= 0.6 is 23.4 Å². The van der Waals surface area contributed by atoms with Gasteiger partial charge in [-0.15, -0.1) is 11.8 Å². The van der Waals surface area contributed by atoms with Crippen LogP contribution in [-0.4, -0.2) is 19.4 Å². The van der Waals surface area contributed by atoms with Crippen LogP contribution in [0.1, 0.15) is 5.56 Å². The highest BCUT2D eigenvalue weighted by atomic mass is 35.5. The van der Waals surface area contributed by atoms with Gasteiger partial charge in [0.15, 0.2) is 0 Å². The first-order valence-electron chi connectivity index (χ1n) is 6.77. The van der Waals surface area contributed by atoms with Crippen LogP contribution in [0.4, 0.5) is 0 Å². The van der Waals surface area contributed by atoms with Crippen molar-refractivity contribution in [2.75, 3.05) is 19.4 Å². The van der Waals surface area contributed by atoms with Crippen LogP contribution in [0.25, 0.3) is 0 Å². The monoisotopic (exact) mass is 321 g/mol. The van der Waals surface area contributed by atoms with E-state index < -0.39 is 0 Å². The molecule has 1 aliphatic rings. The molecule has 2 aromatic carbocycles. The van der Waals surface area contributed by atoms with E-state index in [2.05, 4.69) is 5.32 Å². The Morgan fingerprint density at radius 2 is 2.19 bits per heavy atom. The largest absolute Gasteiger partial charge is 0.491 e. The van der Waals surface area contributed by atoms with Crippen LogP contribution in [0, 0.1) is 0 Å². The summed E-state index contributed by atoms with van der Waals surface area (Å²) in [5.41, 5.74) is 1.06. The van der Waals surface area contributed by atoms with Gasteiger partial charge in [0.05, 0.1) is 6.61 Å². The Labute approximate surface area is 133 Å². The molecule has 0 amide bonds. The zero-order valence-electron chi connectivity index (χ0n) is 11.7. The van der Waals surface area contributed by atoms with Gasteiger partial charge in [0.1, 0.15) is 17.2 Å². The molecule has 110 valence electrons. The van der Waals surface area contributed by atoms with Gasteiger partial charge in [-0.3, -0.25) is 0 Å². The molecule has 0 saturated heterocycles. The minimum Gasteiger partial charge on any atom is -0.491 e. The number of ether oxygens (including phenoxy) is 2. The number of rotatable bonds is 4. The van der Waals surface area contributed by atoms with E-state index in [1.807, 2.05) is 43.4 Å². The van der Waals surface area contributed by atoms with Gasteiger partial charge in [0, 0.05) is 33.8 Å². The van der Waals surface area contributed by atoms with Crippen LogP contribution < -0.4 is 14.8 Å². The number of nitrogens with one attached hydrogen (secondary N) is 1. The molecule has 1 aliphatic heterocycles. The average Bonchev–Trinajstić information content (AvgIpc) is 2.50. The maximum atomic E-state index is 6.07. The van der Waals surface area contributed by atoms with Crippen LogP contribution in [0.5, 0.6) is 17.2 Å². The Hall–Kier alpha value is -1.36. The second-order valence-electron chi connectivity index (χ2n) is 4.69. The van der Waals surface area contributed by atoms with E-state index in [1.54, 1.807) is 11.8 Å². The Morgan fingerprint density at radius 3 is 3.05 bits per heavy atom. The molecule has 2 aromatic rings. The average molecular weight is 322 g/mol. The third-order valence-electron chi connectivity index (χ3n) is 3.14. The van der Waals surface area contributed by atoms with Gasteiger partial charge in [0.25, 0.3) is 0 Å². The van der Waals surface area contributed by atoms with Crippen LogP contribution in [0.2, 0.25) is 5.02 Å². The maximum absolute atomic E-state index is 6.07. The van der Waals surface area contributed by atoms with E-state index in [9.17, 15) is 0 Å². The topological polar surface area (TPSA) is 30.5 Å². The van der Waals surface area contributed by atoms with Gasteiger partial charge in [0.2, 0.25) is 0 Å². The van der Waals surface area contributed by atoms with Crippen molar-refractivity contribution in [1.29, 1.82) is 0 Å². The van der Waals surface area contributed by atoms with Gasteiger partial charge in [-0.1, -0.05) is 17.7 Å². The second kappa shape index (κ2) is 6.60. The molecule has 0 bridgehead atoms. The van der Waals surface area contributed by atoms with E-state index >= 15 is 0 Å². The molecule has 5 heteroatoms. The summed E-state index contributed by atoms with van der Waals surface area (Å²) in [6.07, 6.45) is 0. The first-order chi connectivity index (χ1) is 10.3. The molecule has 21 heavy (non-hydrogen) atoms. The van der Waals surface area contributed by atoms with E-state index in [0.29, 0.717) is 5.02 Å². The minimum atomic E-state index is 0.662. The maximum Gasteiger partial charge on any atom is 0.136 e. The number of hydrogen-bond donors (Lipinski definition) is 1. The number of thioether (sulfide) groups is 1. The molecule has 1 N–H and O–H groups in total. The lowest BCUT2D eigenvalue weighted by Gasteiger charge is -2.18. The van der Waals surface area contributed by atoms with Gasteiger partial charge in [-0.05, 0) is 31.3 Å². The zero-order chi connectivity index (χ0) is 14.7. The highest BCUT2D eigenvalue weighted by Gasteiger charge is 2.13. The second-order valence-corrected chi connectivity index (χ2v) is 6.26. The lowest BCUT2D eigenvalue weighted by atomic mass is 10.2. The number of fused-ring (bicyclic) bond motifs is 1. The Bertz CT molecular complexity index is 648. The highest BCUT2D eigenvalue weighted by molar-refractivity contribution is 7.99. The fourth-order valence-electron chi connectivity index (χ4n) is 2.17. The fraction of sp³-hybridized carbons (Fsp3) is 0.250. The fourth-order valence-corrected chi connectivity index (χ4v) is 3.15. The molecule has 1 heterocycles. The summed E-state index contributed by atoms with van der Waals surface area (Å²) in [6.45, 7) is 1.47. The van der Waals surface area contributed by atoms with Crippen molar-refractivity contribution in [2.45, 2.75) is 11.4 Å². The summed E-state index contributed by atoms with van der Waals surface area (Å²) < 4.78 is 11.7. The quantitative estimate of drug-likeness (QED) is 0.907. The van der Waals surface area contributed by atoms with Crippen LogP contribution in [0.3, 0.4) is 0 Å². The molecule has 0 saturated carbocycles. The molecule has 0 aromatic heterocycles. The summed E-state index contributed by atoms with van der Waals surface area (Å²) in [6, 6.07) is 11.6. The van der Waals surface area contributed by atoms with Crippen molar-refractivity contribution in [3.8, 4) is 17.2 Å². The van der Waals surface area contributed by atoms with Crippen LogP contribution in [-0.2, 0) is 6.54 Å². The summed E-state index contributed by atoms with van der Waals surface area (Å²) in [7, 11) is 1.91. The predicted octanol–water partition coefficient (Wildman–Crippen LogP) is 4.34. The highest BCUT2D eigenvalue weighted by Crippen LogP contribution is 2.37. The van der Waals surface area contributed by atoms with Crippen molar-refractivity contribution in [2.24, 2.45) is 0 Å². The van der Waals surface area contributed by atoms with Gasteiger partial charge in [-0.2, -0.15) is 0 Å². The van der Waals surface area contributed by atoms with Crippen molar-refractivity contribution < 1.29 is 9.47 Å². The summed E-state index contributed by atoms with van der Waals surface area (Å²) in [5.74, 6) is 3.41. The van der Waals surface area contributed by atoms with E-state index in [-0.39, 0.29) is 0 Å². The minimum absolute atomic E-state index is 0.662. The third-order valence-corrected chi connectivity index (χ3v) is 4.39. The Morgan fingerprint density at radius 1 is 1.29 bits per heavy atom. The van der Waals surface area contributed by atoms with Gasteiger partial charge < -0.3 is 14.8 Å². The molecule has 0 fully saturated rings. The molecular weight excluding hydrogens is 306 g/mol. The summed E-state index contributed by atoms with van der Waals surface area (Å²) in [5, 5.41) is 3.79. The number of benzene rings is 2. The predicted molar refractivity (Wildman–Crippen MR) is 87.0 cm³/mol. The Kier molecular flexibility index (Phi) is 4.58. The molecule has 0 aliphatic carbocycles. The van der Waals surface area contributed by atoms with Gasteiger partial charge in [-0.25, -0.2) is 0 Å². The van der Waals surface area contributed by atoms with Crippen molar-refractivity contribution >= 4 is 23.4 Å². The zero-order valence-corrected chi connectivity index (χ0v) is 13.3. The molecular formula is C16H16ClNO2S. The lowest BCUT2D eigenvalue weighted by Crippen LogP contribution is -2.07. The molecule has 0 spiro atoms. The summed E-state index contributed by atoms with van der Waals surface area (Å²) in [4.78, 5) is 1.16. The third kappa shape index (κ3) is 3.46. The molecule has 3 rings (SSSR count). The van der Waals surface area contributed by atoms with Crippen molar-refractivity contribution in [3.05, 3.63) is 47.0 Å². The molecule has 3 nitrogen and oxygen atoms in total. The molecule has 0 atom stereocenters. The summed E-state index contributed by atoms with van der Waals surface area (Å²) >= 11 is 7.88. The SMILES string of the molecule is CNCc1ccc(Cl)cc1Oc1ccc2c(c1)OCCS2. The molecule has 0 radical (unpaired) electrons. The van der Waals surface area contributed by atoms with E-state index in [1.165, 1.54) is 0 Å². The smallest absolute Gasteiger partial charge is 0.136 e. The lowest BCUT2D eigenvalue weighted by molar-refractivity contribution is 0.327. The van der Waals surface area contributed by atoms with E-state index in [4.69, 9.17) is 21.1 Å². The van der Waals surface area contributed by atoms with Crippen LogP contribution in [0.15, 0.2) is 41.3 Å².